The normalized spacial score (nSPS) is 11.4. The summed E-state index contributed by atoms with van der Waals surface area (Å²) >= 11 is 8.89. The first-order valence-corrected chi connectivity index (χ1v) is 7.48. The summed E-state index contributed by atoms with van der Waals surface area (Å²) in [5, 5.41) is 2.77. The first-order valence-electron chi connectivity index (χ1n) is 6.15. The van der Waals surface area contributed by atoms with Crippen molar-refractivity contribution < 1.29 is 9.18 Å². The van der Waals surface area contributed by atoms with E-state index in [4.69, 9.17) is 11.6 Å². The minimum absolute atomic E-state index is 0.0486. The summed E-state index contributed by atoms with van der Waals surface area (Å²) in [6.07, 6.45) is 1.81. The van der Waals surface area contributed by atoms with Crippen LogP contribution in [0.5, 0.6) is 0 Å². The van der Waals surface area contributed by atoms with Crippen LogP contribution in [0.3, 0.4) is 0 Å². The molecule has 106 valence electrons. The van der Waals surface area contributed by atoms with Gasteiger partial charge in [0.05, 0.1) is 5.56 Å². The quantitative estimate of drug-likeness (QED) is 0.759. The van der Waals surface area contributed by atoms with Gasteiger partial charge in [-0.05, 0) is 36.5 Å². The molecule has 0 bridgehead atoms. The molecular weight excluding hydrogens is 333 g/mol. The molecule has 0 saturated heterocycles. The molecule has 0 radical (unpaired) electrons. The highest BCUT2D eigenvalue weighted by molar-refractivity contribution is 9.10. The Labute approximate surface area is 126 Å². The average Bonchev–Trinajstić information content (AvgIpc) is 2.36. The molecule has 1 amide bonds. The fourth-order valence-corrected chi connectivity index (χ4v) is 2.21. The molecule has 0 aliphatic heterocycles. The van der Waals surface area contributed by atoms with Crippen molar-refractivity contribution in [1.29, 1.82) is 0 Å². The third-order valence-electron chi connectivity index (χ3n) is 2.89. The monoisotopic (exact) mass is 349 g/mol. The topological polar surface area (TPSA) is 29.1 Å². The Morgan fingerprint density at radius 2 is 2.16 bits per heavy atom. The van der Waals surface area contributed by atoms with E-state index in [1.54, 1.807) is 6.07 Å². The summed E-state index contributed by atoms with van der Waals surface area (Å²) < 4.78 is 14.2. The molecule has 0 spiro atoms. The van der Waals surface area contributed by atoms with Gasteiger partial charge >= 0.3 is 0 Å². The highest BCUT2D eigenvalue weighted by atomic mass is 79.9. The predicted octanol–water partition coefficient (Wildman–Crippen LogP) is 4.36. The second kappa shape index (κ2) is 7.25. The molecule has 0 aromatic heterocycles. The molecule has 1 rings (SSSR count). The highest BCUT2D eigenvalue weighted by Crippen LogP contribution is 2.22. The molecule has 2 nitrogen and oxygen atoms in total. The first-order chi connectivity index (χ1) is 8.85. The van der Waals surface area contributed by atoms with Crippen LogP contribution in [0.2, 0.25) is 0 Å². The first kappa shape index (κ1) is 16.4. The van der Waals surface area contributed by atoms with Gasteiger partial charge in [-0.1, -0.05) is 29.8 Å². The number of hydrogen-bond donors (Lipinski definition) is 1. The third-order valence-corrected chi connectivity index (χ3v) is 3.65. The zero-order valence-corrected chi connectivity index (χ0v) is 13.4. The third kappa shape index (κ3) is 5.49. The van der Waals surface area contributed by atoms with E-state index in [9.17, 15) is 9.18 Å². The molecule has 1 N–H and O–H groups in total. The highest BCUT2D eigenvalue weighted by Gasteiger charge is 2.20. The fraction of sp³-hybridized carbons (Fsp3) is 0.500. The lowest BCUT2D eigenvalue weighted by atomic mass is 9.88. The van der Waals surface area contributed by atoms with E-state index in [2.05, 4.69) is 35.1 Å². The zero-order chi connectivity index (χ0) is 14.5. The van der Waals surface area contributed by atoms with Crippen LogP contribution in [0.15, 0.2) is 22.7 Å². The van der Waals surface area contributed by atoms with Crippen molar-refractivity contribution in [3.05, 3.63) is 34.1 Å². The molecule has 0 saturated carbocycles. The van der Waals surface area contributed by atoms with Gasteiger partial charge in [0.1, 0.15) is 5.82 Å². The summed E-state index contributed by atoms with van der Waals surface area (Å²) in [5.74, 6) is -0.297. The van der Waals surface area contributed by atoms with Crippen LogP contribution in [0.25, 0.3) is 0 Å². The lowest BCUT2D eigenvalue weighted by Gasteiger charge is -2.24. The van der Waals surface area contributed by atoms with Crippen molar-refractivity contribution in [3.8, 4) is 0 Å². The SMILES string of the molecule is CC(C)(CCCCl)CNC(=O)c1cc(Br)ccc1F. The van der Waals surface area contributed by atoms with Gasteiger partial charge < -0.3 is 5.32 Å². The Morgan fingerprint density at radius 3 is 2.79 bits per heavy atom. The number of benzene rings is 1. The summed E-state index contributed by atoms with van der Waals surface area (Å²) in [5.41, 5.74) is 0.00931. The van der Waals surface area contributed by atoms with Gasteiger partial charge in [0.2, 0.25) is 0 Å². The van der Waals surface area contributed by atoms with Crippen molar-refractivity contribution in [2.45, 2.75) is 26.7 Å². The lowest BCUT2D eigenvalue weighted by Crippen LogP contribution is -2.34. The zero-order valence-electron chi connectivity index (χ0n) is 11.1. The van der Waals surface area contributed by atoms with Crippen LogP contribution in [0, 0.1) is 11.2 Å². The van der Waals surface area contributed by atoms with Gasteiger partial charge in [-0.3, -0.25) is 4.79 Å². The minimum Gasteiger partial charge on any atom is -0.351 e. The van der Waals surface area contributed by atoms with Crippen LogP contribution in [-0.4, -0.2) is 18.3 Å². The second-order valence-corrected chi connectivity index (χ2v) is 6.56. The van der Waals surface area contributed by atoms with E-state index in [1.807, 2.05) is 0 Å². The largest absolute Gasteiger partial charge is 0.351 e. The van der Waals surface area contributed by atoms with Crippen LogP contribution < -0.4 is 5.32 Å². The molecule has 1 aromatic carbocycles. The maximum Gasteiger partial charge on any atom is 0.254 e. The number of nitrogens with one attached hydrogen (secondary N) is 1. The Bertz CT molecular complexity index is 451. The smallest absolute Gasteiger partial charge is 0.254 e. The number of amides is 1. The van der Waals surface area contributed by atoms with E-state index in [0.29, 0.717) is 16.9 Å². The molecule has 0 aliphatic carbocycles. The van der Waals surface area contributed by atoms with Crippen molar-refractivity contribution in [2.75, 3.05) is 12.4 Å². The summed E-state index contributed by atoms with van der Waals surface area (Å²) in [6, 6.07) is 4.32. The van der Waals surface area contributed by atoms with Gasteiger partial charge in [0.25, 0.3) is 5.91 Å². The van der Waals surface area contributed by atoms with E-state index < -0.39 is 11.7 Å². The molecule has 1 aromatic rings. The van der Waals surface area contributed by atoms with Crippen LogP contribution in [-0.2, 0) is 0 Å². The van der Waals surface area contributed by atoms with Gasteiger partial charge in [0.15, 0.2) is 0 Å². The Kier molecular flexibility index (Phi) is 6.27. The van der Waals surface area contributed by atoms with Gasteiger partial charge in [-0.2, -0.15) is 0 Å². The summed E-state index contributed by atoms with van der Waals surface area (Å²) in [6.45, 7) is 4.60. The molecule has 0 fully saturated rings. The van der Waals surface area contributed by atoms with E-state index in [0.717, 1.165) is 12.8 Å². The van der Waals surface area contributed by atoms with Crippen LogP contribution >= 0.6 is 27.5 Å². The van der Waals surface area contributed by atoms with Crippen molar-refractivity contribution in [2.24, 2.45) is 5.41 Å². The minimum atomic E-state index is -0.515. The molecule has 0 aliphatic rings. The van der Waals surface area contributed by atoms with Crippen LogP contribution in [0.4, 0.5) is 4.39 Å². The van der Waals surface area contributed by atoms with E-state index in [-0.39, 0.29) is 11.0 Å². The average molecular weight is 351 g/mol. The summed E-state index contributed by atoms with van der Waals surface area (Å²) in [4.78, 5) is 11.9. The van der Waals surface area contributed by atoms with Gasteiger partial charge in [0, 0.05) is 16.9 Å². The van der Waals surface area contributed by atoms with E-state index >= 15 is 0 Å². The molecular formula is C14H18BrClFNO. The maximum absolute atomic E-state index is 13.5. The second-order valence-electron chi connectivity index (χ2n) is 5.26. The number of halogens is 3. The maximum atomic E-state index is 13.5. The van der Waals surface area contributed by atoms with Crippen molar-refractivity contribution in [3.63, 3.8) is 0 Å². The Hall–Kier alpha value is -0.610. The van der Waals surface area contributed by atoms with Gasteiger partial charge in [-0.25, -0.2) is 4.39 Å². The molecule has 0 heterocycles. The molecule has 5 heteroatoms. The Balaban J connectivity index is 2.62. The Morgan fingerprint density at radius 1 is 1.47 bits per heavy atom. The predicted molar refractivity (Wildman–Crippen MR) is 80.2 cm³/mol. The lowest BCUT2D eigenvalue weighted by molar-refractivity contribution is 0.0930. The molecule has 19 heavy (non-hydrogen) atoms. The number of carbonyl (C=O) groups is 1. The molecule has 0 atom stereocenters. The van der Waals surface area contributed by atoms with Gasteiger partial charge in [-0.15, -0.1) is 11.6 Å². The van der Waals surface area contributed by atoms with Crippen LogP contribution in [0.1, 0.15) is 37.0 Å². The number of alkyl halides is 1. The number of carbonyl (C=O) groups excluding carboxylic acids is 1. The van der Waals surface area contributed by atoms with E-state index in [1.165, 1.54) is 12.1 Å². The van der Waals surface area contributed by atoms with Crippen molar-refractivity contribution in [1.82, 2.24) is 5.32 Å². The van der Waals surface area contributed by atoms with Crippen molar-refractivity contribution >= 4 is 33.4 Å². The standard InChI is InChI=1S/C14H18BrClFNO/c1-14(2,6-3-7-16)9-18-13(19)11-8-10(15)4-5-12(11)17/h4-5,8H,3,6-7,9H2,1-2H3,(H,18,19). The molecule has 0 unspecified atom stereocenters. The summed E-state index contributed by atoms with van der Waals surface area (Å²) in [7, 11) is 0. The fourth-order valence-electron chi connectivity index (χ4n) is 1.72. The number of rotatable bonds is 6. The number of hydrogen-bond acceptors (Lipinski definition) is 1.